The average Bonchev–Trinajstić information content (AvgIpc) is 3.26. The number of aliphatic hydroxyl groups is 1. The van der Waals surface area contributed by atoms with E-state index in [1.807, 2.05) is 27.2 Å². The van der Waals surface area contributed by atoms with Crippen LogP contribution in [-0.4, -0.2) is 73.4 Å². The number of nitrogens with one attached hydrogen (secondary N) is 1. The molecule has 0 aromatic carbocycles. The highest BCUT2D eigenvalue weighted by Crippen LogP contribution is 2.43. The van der Waals surface area contributed by atoms with Crippen LogP contribution in [0.25, 0.3) is 0 Å². The summed E-state index contributed by atoms with van der Waals surface area (Å²) in [6.45, 7) is 4.60. The van der Waals surface area contributed by atoms with Crippen molar-refractivity contribution in [3.63, 3.8) is 0 Å². The molecule has 0 saturated heterocycles. The molecule has 8 nitrogen and oxygen atoms in total. The van der Waals surface area contributed by atoms with E-state index in [1.54, 1.807) is 6.08 Å². The first kappa shape index (κ1) is 62.9. The molecule has 0 heterocycles. The van der Waals surface area contributed by atoms with Crippen LogP contribution < -0.4 is 5.32 Å². The Hall–Kier alpha value is -2.06. The molecule has 3 atom stereocenters. The summed E-state index contributed by atoms with van der Waals surface area (Å²) < 4.78 is 23.5. The van der Waals surface area contributed by atoms with Crippen LogP contribution >= 0.6 is 7.82 Å². The minimum absolute atomic E-state index is 0.0550. The molecule has 0 rings (SSSR count). The monoisotopic (exact) mass is 932 g/mol. The molecule has 0 bridgehead atoms. The average molecular weight is 932 g/mol. The zero-order chi connectivity index (χ0) is 47.8. The first-order chi connectivity index (χ1) is 31.5. The van der Waals surface area contributed by atoms with Crippen molar-refractivity contribution >= 4 is 13.7 Å². The van der Waals surface area contributed by atoms with Gasteiger partial charge in [0.25, 0.3) is 0 Å². The Kier molecular flexibility index (Phi) is 45.5. The van der Waals surface area contributed by atoms with Gasteiger partial charge in [0, 0.05) is 6.42 Å². The summed E-state index contributed by atoms with van der Waals surface area (Å²) in [5.74, 6) is -0.190. The maximum absolute atomic E-state index is 12.9. The second kappa shape index (κ2) is 47.0. The zero-order valence-electron chi connectivity index (χ0n) is 43.0. The normalized spacial score (nSPS) is 14.6. The third-order valence-electron chi connectivity index (χ3n) is 11.7. The van der Waals surface area contributed by atoms with E-state index >= 15 is 0 Å². The van der Waals surface area contributed by atoms with Crippen LogP contribution in [0.3, 0.4) is 0 Å². The van der Waals surface area contributed by atoms with Crippen molar-refractivity contribution in [1.29, 1.82) is 0 Å². The molecule has 0 aromatic heterocycles. The number of unbranched alkanes of at least 4 members (excludes halogenated alkanes) is 25. The number of phosphoric ester groups is 1. The van der Waals surface area contributed by atoms with Gasteiger partial charge in [-0.05, 0) is 64.2 Å². The maximum atomic E-state index is 12.9. The minimum Gasteiger partial charge on any atom is -0.387 e. The number of quaternary nitrogens is 1. The molecule has 3 unspecified atom stereocenters. The van der Waals surface area contributed by atoms with Crippen LogP contribution in [0.1, 0.15) is 226 Å². The number of hydrogen-bond donors (Lipinski definition) is 3. The number of hydrogen-bond acceptors (Lipinski definition) is 5. The molecule has 9 heteroatoms. The number of carbonyl (C=O) groups is 1. The van der Waals surface area contributed by atoms with Gasteiger partial charge in [-0.25, -0.2) is 4.57 Å². The highest BCUT2D eigenvalue weighted by molar-refractivity contribution is 7.47. The lowest BCUT2D eigenvalue weighted by Gasteiger charge is -2.25. The molecule has 0 aliphatic rings. The third-order valence-corrected chi connectivity index (χ3v) is 12.6. The summed E-state index contributed by atoms with van der Waals surface area (Å²) in [4.78, 5) is 23.1. The van der Waals surface area contributed by atoms with Crippen LogP contribution in [-0.2, 0) is 18.4 Å². The molecular formula is C56H104N2O6P+. The second-order valence-corrected chi connectivity index (χ2v) is 20.7. The molecule has 0 aliphatic carbocycles. The minimum atomic E-state index is -4.34. The predicted molar refractivity (Wildman–Crippen MR) is 281 cm³/mol. The van der Waals surface area contributed by atoms with Crippen molar-refractivity contribution in [2.45, 2.75) is 238 Å². The summed E-state index contributed by atoms with van der Waals surface area (Å²) in [6, 6.07) is -0.861. The molecule has 0 spiro atoms. The summed E-state index contributed by atoms with van der Waals surface area (Å²) >= 11 is 0. The van der Waals surface area contributed by atoms with Gasteiger partial charge in [-0.15, -0.1) is 0 Å². The van der Waals surface area contributed by atoms with Gasteiger partial charge in [-0.3, -0.25) is 13.8 Å². The summed E-state index contributed by atoms with van der Waals surface area (Å²) in [6.07, 6.45) is 64.7. The molecule has 0 radical (unpaired) electrons. The van der Waals surface area contributed by atoms with Gasteiger partial charge < -0.3 is 19.8 Å². The van der Waals surface area contributed by atoms with E-state index in [9.17, 15) is 19.4 Å². The summed E-state index contributed by atoms with van der Waals surface area (Å²) in [5.41, 5.74) is 0. The SMILES string of the molecule is CC/C=C\C/C=C\C/C=C\C/C=C\CCCCCCCCCCCCCCCCCCCCCCCCC(=O)NC(COP(=O)(O)OCC[N+](C)(C)C)C(O)/C=C/CC/C=C/CCCC. The second-order valence-electron chi connectivity index (χ2n) is 19.2. The van der Waals surface area contributed by atoms with Crippen molar-refractivity contribution in [1.82, 2.24) is 5.32 Å². The summed E-state index contributed by atoms with van der Waals surface area (Å²) in [5, 5.41) is 13.7. The van der Waals surface area contributed by atoms with Crippen LogP contribution in [0.2, 0.25) is 0 Å². The number of carbonyl (C=O) groups excluding carboxylic acids is 1. The number of amides is 1. The Bertz CT molecular complexity index is 1290. The molecular weight excluding hydrogens is 828 g/mol. The Morgan fingerprint density at radius 2 is 0.938 bits per heavy atom. The molecule has 1 amide bonds. The van der Waals surface area contributed by atoms with Gasteiger partial charge in [0.15, 0.2) is 0 Å². The Morgan fingerprint density at radius 1 is 0.538 bits per heavy atom. The quantitative estimate of drug-likeness (QED) is 0.0243. The fraction of sp³-hybridized carbons (Fsp3) is 0.768. The van der Waals surface area contributed by atoms with Crippen LogP contribution in [0, 0.1) is 0 Å². The van der Waals surface area contributed by atoms with Crippen molar-refractivity contribution in [3.05, 3.63) is 72.9 Å². The van der Waals surface area contributed by atoms with E-state index in [0.717, 1.165) is 64.2 Å². The van der Waals surface area contributed by atoms with E-state index in [1.165, 1.54) is 141 Å². The first-order valence-corrected chi connectivity index (χ1v) is 28.3. The number of rotatable bonds is 48. The van der Waals surface area contributed by atoms with Gasteiger partial charge in [-0.1, -0.05) is 228 Å². The molecule has 378 valence electrons. The largest absolute Gasteiger partial charge is 0.472 e. The number of allylic oxidation sites excluding steroid dienone is 11. The van der Waals surface area contributed by atoms with E-state index in [-0.39, 0.29) is 19.1 Å². The van der Waals surface area contributed by atoms with Crippen LogP contribution in [0.5, 0.6) is 0 Å². The maximum Gasteiger partial charge on any atom is 0.472 e. The lowest BCUT2D eigenvalue weighted by molar-refractivity contribution is -0.870. The molecule has 0 aliphatic heterocycles. The zero-order valence-corrected chi connectivity index (χ0v) is 43.9. The smallest absolute Gasteiger partial charge is 0.387 e. The van der Waals surface area contributed by atoms with Gasteiger partial charge in [0.1, 0.15) is 13.2 Å². The molecule has 65 heavy (non-hydrogen) atoms. The predicted octanol–water partition coefficient (Wildman–Crippen LogP) is 15.9. The highest BCUT2D eigenvalue weighted by atomic mass is 31.2. The number of phosphoric acid groups is 1. The number of aliphatic hydroxyl groups excluding tert-OH is 1. The van der Waals surface area contributed by atoms with Crippen molar-refractivity contribution in [3.8, 4) is 0 Å². The van der Waals surface area contributed by atoms with Gasteiger partial charge in [0.2, 0.25) is 5.91 Å². The van der Waals surface area contributed by atoms with Crippen molar-refractivity contribution < 1.29 is 32.9 Å². The number of nitrogens with zero attached hydrogens (tertiary/aromatic N) is 1. The lowest BCUT2D eigenvalue weighted by atomic mass is 10.0. The van der Waals surface area contributed by atoms with Gasteiger partial charge in [0.05, 0.1) is 39.9 Å². The Balaban J connectivity index is 3.88. The fourth-order valence-electron chi connectivity index (χ4n) is 7.45. The number of likely N-dealkylation sites (N-methyl/N-ethyl adjacent to an activating group) is 1. The fourth-order valence-corrected chi connectivity index (χ4v) is 8.18. The third kappa shape index (κ3) is 49.7. The molecule has 3 N–H and O–H groups in total. The molecule has 0 aromatic rings. The van der Waals surface area contributed by atoms with Crippen molar-refractivity contribution in [2.24, 2.45) is 0 Å². The molecule has 0 fully saturated rings. The summed E-state index contributed by atoms with van der Waals surface area (Å²) in [7, 11) is 1.55. The topological polar surface area (TPSA) is 105 Å². The van der Waals surface area contributed by atoms with Gasteiger partial charge in [-0.2, -0.15) is 0 Å². The lowest BCUT2D eigenvalue weighted by Crippen LogP contribution is -2.45. The van der Waals surface area contributed by atoms with E-state index < -0.39 is 20.0 Å². The Labute approximate surface area is 402 Å². The van der Waals surface area contributed by atoms with Crippen LogP contribution in [0.15, 0.2) is 72.9 Å². The Morgan fingerprint density at radius 3 is 1.42 bits per heavy atom. The first-order valence-electron chi connectivity index (χ1n) is 26.8. The van der Waals surface area contributed by atoms with E-state index in [4.69, 9.17) is 9.05 Å². The molecule has 0 saturated carbocycles. The van der Waals surface area contributed by atoms with Gasteiger partial charge >= 0.3 is 7.82 Å². The van der Waals surface area contributed by atoms with E-state index in [2.05, 4.69) is 79.9 Å². The van der Waals surface area contributed by atoms with Crippen molar-refractivity contribution in [2.75, 3.05) is 40.9 Å². The standard InChI is InChI=1S/C56H103N2O6P/c1-6-8-10-12-14-16-17-18-19-20-21-22-23-24-25-26-27-28-29-30-31-32-33-34-35-36-37-38-39-40-41-42-44-46-48-50-56(60)57-54(53-64-65(61,62)63-52-51-58(3,4)5)55(59)49-47-45-43-15-13-11-9-7-2/h8,10,13-16,18-19,21-22,47,49,54-55,59H,6-7,9,11-12,17,20,23-46,48,50-53H2,1-5H3,(H-,57,60,61,62)/p+1/b10-8-,15-13+,16-14-,19-18-,22-21-,49-47+. The van der Waals surface area contributed by atoms with E-state index in [0.29, 0.717) is 17.4 Å². The van der Waals surface area contributed by atoms with Crippen LogP contribution in [0.4, 0.5) is 0 Å². The highest BCUT2D eigenvalue weighted by Gasteiger charge is 2.27.